The summed E-state index contributed by atoms with van der Waals surface area (Å²) >= 11 is 18.0. The lowest BCUT2D eigenvalue weighted by Crippen LogP contribution is -2.67. The minimum absolute atomic E-state index is 0.00842. The zero-order valence-electron chi connectivity index (χ0n) is 16.2. The predicted molar refractivity (Wildman–Crippen MR) is 115 cm³/mol. The molecule has 0 aromatic carbocycles. The summed E-state index contributed by atoms with van der Waals surface area (Å²) in [5.74, 6) is -0.310. The maximum absolute atomic E-state index is 15.4. The molecule has 0 aromatic rings. The highest BCUT2D eigenvalue weighted by Crippen LogP contribution is 2.72. The van der Waals surface area contributed by atoms with Crippen LogP contribution >= 0.6 is 39.1 Å². The second kappa shape index (κ2) is 6.37. The van der Waals surface area contributed by atoms with E-state index in [1.54, 1.807) is 6.08 Å². The summed E-state index contributed by atoms with van der Waals surface area (Å²) < 4.78 is 16.2. The number of allylic oxidation sites excluding steroid dienone is 3. The molecule has 4 rings (SSSR count). The summed E-state index contributed by atoms with van der Waals surface area (Å²) in [6.45, 7) is 5.96. The number of rotatable bonds is 1. The maximum Gasteiger partial charge on any atom is 0.130 e. The van der Waals surface area contributed by atoms with Crippen LogP contribution in [-0.4, -0.2) is 32.2 Å². The van der Waals surface area contributed by atoms with Crippen LogP contribution in [0.2, 0.25) is 0 Å². The fourth-order valence-electron chi connectivity index (χ4n) is 6.93. The lowest BCUT2D eigenvalue weighted by molar-refractivity contribution is -0.102. The molecule has 0 spiro atoms. The van der Waals surface area contributed by atoms with Gasteiger partial charge in [-0.2, -0.15) is 0 Å². The SMILES string of the molecule is C[C@H]1C[C@H]2[C@@H]3C[C@@H](F)C4=C=CC(Br)=C[C@]4(C)[C@@]3(Cl)[C@@H](Cl)C[C@]2(C)[C@@]1(O)C=CO. The van der Waals surface area contributed by atoms with E-state index in [9.17, 15) is 10.2 Å². The van der Waals surface area contributed by atoms with E-state index < -0.39 is 32.9 Å². The molecular formula is C22H26BrCl2FO2. The molecule has 0 bridgehead atoms. The summed E-state index contributed by atoms with van der Waals surface area (Å²) in [6, 6.07) is 0. The number of aliphatic hydroxyl groups is 2. The number of alkyl halides is 3. The molecule has 4 aliphatic rings. The highest BCUT2D eigenvalue weighted by molar-refractivity contribution is 9.11. The van der Waals surface area contributed by atoms with Gasteiger partial charge in [0.2, 0.25) is 0 Å². The molecule has 4 aliphatic carbocycles. The number of hydrogen-bond donors (Lipinski definition) is 2. The Morgan fingerprint density at radius 3 is 2.64 bits per heavy atom. The average Bonchev–Trinajstić information content (AvgIpc) is 2.79. The van der Waals surface area contributed by atoms with E-state index in [0.717, 1.165) is 10.7 Å². The molecule has 0 unspecified atom stereocenters. The third kappa shape index (κ3) is 2.30. The van der Waals surface area contributed by atoms with Gasteiger partial charge in [-0.3, -0.25) is 0 Å². The molecule has 2 N–H and O–H groups in total. The van der Waals surface area contributed by atoms with Crippen molar-refractivity contribution in [3.63, 3.8) is 0 Å². The second-order valence-corrected chi connectivity index (χ2v) is 11.6. The Kier molecular flexibility index (Phi) is 4.78. The van der Waals surface area contributed by atoms with E-state index in [1.165, 1.54) is 6.08 Å². The lowest BCUT2D eigenvalue weighted by Gasteiger charge is -2.64. The first-order valence-electron chi connectivity index (χ1n) is 9.82. The van der Waals surface area contributed by atoms with Crippen molar-refractivity contribution in [3.8, 4) is 0 Å². The van der Waals surface area contributed by atoms with Gasteiger partial charge in [0.25, 0.3) is 0 Å². The van der Waals surface area contributed by atoms with Crippen LogP contribution in [0.5, 0.6) is 0 Å². The van der Waals surface area contributed by atoms with Gasteiger partial charge in [-0.25, -0.2) is 4.39 Å². The van der Waals surface area contributed by atoms with Gasteiger partial charge >= 0.3 is 0 Å². The van der Waals surface area contributed by atoms with Crippen LogP contribution in [0.4, 0.5) is 4.39 Å². The summed E-state index contributed by atoms with van der Waals surface area (Å²) in [7, 11) is 0. The third-order valence-electron chi connectivity index (χ3n) is 8.43. The monoisotopic (exact) mass is 490 g/mol. The van der Waals surface area contributed by atoms with E-state index in [4.69, 9.17) is 23.2 Å². The van der Waals surface area contributed by atoms with Gasteiger partial charge in [-0.1, -0.05) is 35.9 Å². The Morgan fingerprint density at radius 2 is 2.00 bits per heavy atom. The Balaban J connectivity index is 1.90. The first kappa shape index (κ1) is 21.0. The van der Waals surface area contributed by atoms with Gasteiger partial charge < -0.3 is 10.2 Å². The molecule has 3 fully saturated rings. The van der Waals surface area contributed by atoms with E-state index in [1.807, 2.05) is 26.8 Å². The van der Waals surface area contributed by atoms with Crippen LogP contribution in [0.15, 0.2) is 40.3 Å². The molecule has 0 heterocycles. The molecule has 0 saturated heterocycles. The standard InChI is InChI=1S/C22H26BrCl2FO2/c1-12-8-15-16-9-17(26)14-5-4-13(23)10-20(14,3)22(16,25)18(24)11-19(15,2)21(12,28)6-7-27/h4,6-7,10,12,15-18,27-28H,8-9,11H2,1-3H3/t12-,15-,16-,17+,18-,19-,20-,21+,22-/m0/s1. The minimum atomic E-state index is -1.20. The fraction of sp³-hybridized carbons (Fsp3) is 0.682. The van der Waals surface area contributed by atoms with Gasteiger partial charge in [0.15, 0.2) is 0 Å². The van der Waals surface area contributed by atoms with Crippen molar-refractivity contribution >= 4 is 39.1 Å². The molecular weight excluding hydrogens is 466 g/mol. The third-order valence-corrected chi connectivity index (χ3v) is 10.4. The second-order valence-electron chi connectivity index (χ2n) is 9.49. The predicted octanol–water partition coefficient (Wildman–Crippen LogP) is 6.18. The van der Waals surface area contributed by atoms with Crippen LogP contribution in [0.25, 0.3) is 0 Å². The Labute approximate surface area is 184 Å². The van der Waals surface area contributed by atoms with E-state index in [2.05, 4.69) is 21.7 Å². The van der Waals surface area contributed by atoms with Crippen molar-refractivity contribution in [2.24, 2.45) is 28.6 Å². The topological polar surface area (TPSA) is 40.5 Å². The van der Waals surface area contributed by atoms with Crippen molar-refractivity contribution < 1.29 is 14.6 Å². The minimum Gasteiger partial charge on any atom is -0.516 e. The molecule has 3 saturated carbocycles. The molecule has 9 atom stereocenters. The zero-order valence-corrected chi connectivity index (χ0v) is 19.3. The number of hydrogen-bond acceptors (Lipinski definition) is 2. The van der Waals surface area contributed by atoms with Gasteiger partial charge in [-0.05, 0) is 56.1 Å². The molecule has 154 valence electrons. The van der Waals surface area contributed by atoms with Gasteiger partial charge in [-0.15, -0.1) is 28.9 Å². The Hall–Kier alpha value is -0.250. The number of aliphatic hydroxyl groups excluding tert-OH is 1. The molecule has 0 aliphatic heterocycles. The fourth-order valence-corrected chi connectivity index (χ4v) is 8.69. The van der Waals surface area contributed by atoms with Crippen LogP contribution in [0, 0.1) is 28.6 Å². The molecule has 2 nitrogen and oxygen atoms in total. The Bertz CT molecular complexity index is 836. The van der Waals surface area contributed by atoms with Crippen LogP contribution in [-0.2, 0) is 0 Å². The van der Waals surface area contributed by atoms with E-state index in [0.29, 0.717) is 18.4 Å². The van der Waals surface area contributed by atoms with Gasteiger partial charge in [0.05, 0.1) is 22.1 Å². The summed E-state index contributed by atoms with van der Waals surface area (Å²) in [4.78, 5) is -0.884. The quantitative estimate of drug-likeness (QED) is 0.261. The Morgan fingerprint density at radius 1 is 1.32 bits per heavy atom. The van der Waals surface area contributed by atoms with Gasteiger partial charge in [0.1, 0.15) is 6.17 Å². The largest absolute Gasteiger partial charge is 0.516 e. The van der Waals surface area contributed by atoms with E-state index in [-0.39, 0.29) is 24.2 Å². The normalized spacial score (nSPS) is 55.4. The molecule has 0 aromatic heterocycles. The number of fused-ring (bicyclic) bond motifs is 5. The van der Waals surface area contributed by atoms with Crippen molar-refractivity contribution in [1.29, 1.82) is 0 Å². The summed E-state index contributed by atoms with van der Waals surface area (Å²) in [6.07, 6.45) is 6.42. The van der Waals surface area contributed by atoms with Crippen molar-refractivity contribution in [1.82, 2.24) is 0 Å². The molecule has 0 amide bonds. The average molecular weight is 492 g/mol. The van der Waals surface area contributed by atoms with Gasteiger partial charge in [0, 0.05) is 20.9 Å². The molecule has 0 radical (unpaired) electrons. The van der Waals surface area contributed by atoms with E-state index >= 15 is 4.39 Å². The zero-order chi connectivity index (χ0) is 20.7. The van der Waals surface area contributed by atoms with Crippen molar-refractivity contribution in [3.05, 3.63) is 40.3 Å². The molecule has 28 heavy (non-hydrogen) atoms. The first-order valence-corrected chi connectivity index (χ1v) is 11.4. The highest BCUT2D eigenvalue weighted by Gasteiger charge is 2.73. The first-order chi connectivity index (χ1) is 13.0. The summed E-state index contributed by atoms with van der Waals surface area (Å²) in [5, 5.41) is 20.5. The smallest absolute Gasteiger partial charge is 0.130 e. The van der Waals surface area contributed by atoms with Crippen LogP contribution < -0.4 is 0 Å². The molecule has 6 heteroatoms. The van der Waals surface area contributed by atoms with Crippen molar-refractivity contribution in [2.45, 2.75) is 62.1 Å². The lowest BCUT2D eigenvalue weighted by atomic mass is 9.46. The highest BCUT2D eigenvalue weighted by atomic mass is 79.9. The number of halogens is 4. The summed E-state index contributed by atoms with van der Waals surface area (Å²) in [5.41, 5.74) is 1.11. The van der Waals surface area contributed by atoms with Crippen molar-refractivity contribution in [2.75, 3.05) is 0 Å². The maximum atomic E-state index is 15.4. The van der Waals surface area contributed by atoms with Crippen LogP contribution in [0.3, 0.4) is 0 Å². The van der Waals surface area contributed by atoms with Crippen LogP contribution in [0.1, 0.15) is 40.0 Å².